The van der Waals surface area contributed by atoms with Gasteiger partial charge in [0.05, 0.1) is 17.8 Å². The van der Waals surface area contributed by atoms with Crippen LogP contribution in [-0.2, 0) is 9.84 Å². The highest BCUT2D eigenvalue weighted by atomic mass is 32.2. The first-order chi connectivity index (χ1) is 8.74. The second-order valence-electron chi connectivity index (χ2n) is 5.53. The van der Waals surface area contributed by atoms with Crippen LogP contribution in [0.3, 0.4) is 0 Å². The van der Waals surface area contributed by atoms with Crippen molar-refractivity contribution < 1.29 is 13.2 Å². The van der Waals surface area contributed by atoms with Gasteiger partial charge in [0.15, 0.2) is 9.84 Å². The fourth-order valence-electron chi connectivity index (χ4n) is 1.64. The Morgan fingerprint density at radius 2 is 1.95 bits per heavy atom. The number of hydrogen-bond donors (Lipinski definition) is 1. The van der Waals surface area contributed by atoms with Gasteiger partial charge in [-0.25, -0.2) is 8.42 Å². The van der Waals surface area contributed by atoms with Gasteiger partial charge in [-0.05, 0) is 51.9 Å². The second kappa shape index (κ2) is 6.39. The van der Waals surface area contributed by atoms with Crippen LogP contribution in [0.1, 0.15) is 27.2 Å². The standard InChI is InChI=1S/C14H23NO3S/c1-14(2,3)15-9-6-10-19(16,17)13-8-5-7-12(11-13)18-4/h5,7-8,11,15H,6,9-10H2,1-4H3. The van der Waals surface area contributed by atoms with Crippen molar-refractivity contribution in [3.8, 4) is 5.75 Å². The minimum atomic E-state index is -3.23. The highest BCUT2D eigenvalue weighted by Gasteiger charge is 2.15. The van der Waals surface area contributed by atoms with Crippen molar-refractivity contribution >= 4 is 9.84 Å². The molecule has 5 heteroatoms. The molecule has 0 bridgehead atoms. The molecule has 0 aliphatic carbocycles. The van der Waals surface area contributed by atoms with Crippen LogP contribution in [0.2, 0.25) is 0 Å². The summed E-state index contributed by atoms with van der Waals surface area (Å²) in [6, 6.07) is 6.60. The van der Waals surface area contributed by atoms with Crippen LogP contribution in [-0.4, -0.2) is 33.4 Å². The molecule has 1 aromatic rings. The number of hydrogen-bond acceptors (Lipinski definition) is 4. The molecular formula is C14H23NO3S. The van der Waals surface area contributed by atoms with Gasteiger partial charge in [-0.2, -0.15) is 0 Å². The van der Waals surface area contributed by atoms with Gasteiger partial charge in [0.2, 0.25) is 0 Å². The van der Waals surface area contributed by atoms with Gasteiger partial charge in [0.1, 0.15) is 5.75 Å². The lowest BCUT2D eigenvalue weighted by Crippen LogP contribution is -2.36. The fourth-order valence-corrected chi connectivity index (χ4v) is 2.98. The molecule has 4 nitrogen and oxygen atoms in total. The number of rotatable bonds is 6. The summed E-state index contributed by atoms with van der Waals surface area (Å²) >= 11 is 0. The predicted octanol–water partition coefficient (Wildman–Crippen LogP) is 2.25. The van der Waals surface area contributed by atoms with Gasteiger partial charge in [0, 0.05) is 5.54 Å². The first-order valence-corrected chi connectivity index (χ1v) is 8.02. The number of nitrogens with one attached hydrogen (secondary N) is 1. The quantitative estimate of drug-likeness (QED) is 0.815. The van der Waals surface area contributed by atoms with E-state index >= 15 is 0 Å². The molecule has 1 N–H and O–H groups in total. The predicted molar refractivity (Wildman–Crippen MR) is 77.4 cm³/mol. The molecule has 19 heavy (non-hydrogen) atoms. The third-order valence-corrected chi connectivity index (χ3v) is 4.44. The van der Waals surface area contributed by atoms with Crippen molar-refractivity contribution in [2.45, 2.75) is 37.6 Å². The third kappa shape index (κ3) is 5.61. The maximum absolute atomic E-state index is 12.1. The summed E-state index contributed by atoms with van der Waals surface area (Å²) in [5.74, 6) is 0.706. The zero-order chi connectivity index (χ0) is 14.5. The highest BCUT2D eigenvalue weighted by molar-refractivity contribution is 7.91. The van der Waals surface area contributed by atoms with Gasteiger partial charge in [-0.3, -0.25) is 0 Å². The fraction of sp³-hybridized carbons (Fsp3) is 0.571. The molecule has 1 rings (SSSR count). The minimum absolute atomic E-state index is 0.0136. The van der Waals surface area contributed by atoms with E-state index in [9.17, 15) is 8.42 Å². The lowest BCUT2D eigenvalue weighted by molar-refractivity contribution is 0.413. The van der Waals surface area contributed by atoms with E-state index < -0.39 is 9.84 Å². The Kier molecular flexibility index (Phi) is 5.38. The molecule has 108 valence electrons. The van der Waals surface area contributed by atoms with Crippen LogP contribution >= 0.6 is 0 Å². The van der Waals surface area contributed by atoms with Crippen LogP contribution in [0.4, 0.5) is 0 Å². The van der Waals surface area contributed by atoms with Gasteiger partial charge >= 0.3 is 0 Å². The molecule has 0 fully saturated rings. The van der Waals surface area contributed by atoms with Gasteiger partial charge < -0.3 is 10.1 Å². The molecule has 0 saturated carbocycles. The summed E-state index contributed by atoms with van der Waals surface area (Å²) in [5, 5.41) is 3.28. The molecule has 0 aliphatic heterocycles. The maximum Gasteiger partial charge on any atom is 0.178 e. The van der Waals surface area contributed by atoms with Crippen LogP contribution in [0.15, 0.2) is 29.2 Å². The number of sulfone groups is 1. The Hall–Kier alpha value is -1.07. The average Bonchev–Trinajstić information content (AvgIpc) is 2.34. The topological polar surface area (TPSA) is 55.4 Å². The molecule has 0 saturated heterocycles. The summed E-state index contributed by atoms with van der Waals surface area (Å²) in [6.07, 6.45) is 0.594. The Labute approximate surface area is 116 Å². The van der Waals surface area contributed by atoms with E-state index in [1.54, 1.807) is 24.3 Å². The lowest BCUT2D eigenvalue weighted by Gasteiger charge is -2.20. The van der Waals surface area contributed by atoms with Crippen molar-refractivity contribution in [2.24, 2.45) is 0 Å². The Morgan fingerprint density at radius 1 is 1.26 bits per heavy atom. The molecule has 0 heterocycles. The molecule has 0 atom stereocenters. The zero-order valence-electron chi connectivity index (χ0n) is 12.1. The van der Waals surface area contributed by atoms with Crippen molar-refractivity contribution in [3.05, 3.63) is 24.3 Å². The highest BCUT2D eigenvalue weighted by Crippen LogP contribution is 2.18. The lowest BCUT2D eigenvalue weighted by atomic mass is 10.1. The molecular weight excluding hydrogens is 262 g/mol. The van der Waals surface area contributed by atoms with Crippen LogP contribution < -0.4 is 10.1 Å². The molecule has 1 aromatic carbocycles. The van der Waals surface area contributed by atoms with Crippen molar-refractivity contribution in [3.63, 3.8) is 0 Å². The first-order valence-electron chi connectivity index (χ1n) is 6.36. The molecule has 0 aliphatic rings. The molecule has 0 amide bonds. The summed E-state index contributed by atoms with van der Waals surface area (Å²) in [6.45, 7) is 6.86. The summed E-state index contributed by atoms with van der Waals surface area (Å²) in [5.41, 5.74) is 0.0136. The van der Waals surface area contributed by atoms with Gasteiger partial charge in [-0.15, -0.1) is 0 Å². The minimum Gasteiger partial charge on any atom is -0.497 e. The van der Waals surface area contributed by atoms with E-state index in [0.717, 1.165) is 0 Å². The monoisotopic (exact) mass is 285 g/mol. The largest absolute Gasteiger partial charge is 0.497 e. The van der Waals surface area contributed by atoms with Gasteiger partial charge in [-0.1, -0.05) is 6.07 Å². The van der Waals surface area contributed by atoms with E-state index in [2.05, 4.69) is 26.1 Å². The third-order valence-electron chi connectivity index (χ3n) is 2.65. The van der Waals surface area contributed by atoms with E-state index in [4.69, 9.17) is 4.74 Å². The van der Waals surface area contributed by atoms with E-state index in [-0.39, 0.29) is 11.3 Å². The molecule has 0 spiro atoms. The number of benzene rings is 1. The average molecular weight is 285 g/mol. The normalized spacial score (nSPS) is 12.4. The van der Waals surface area contributed by atoms with E-state index in [0.29, 0.717) is 23.6 Å². The summed E-state index contributed by atoms with van der Waals surface area (Å²) in [7, 11) is -1.70. The smallest absolute Gasteiger partial charge is 0.178 e. The molecule has 0 unspecified atom stereocenters. The SMILES string of the molecule is COc1cccc(S(=O)(=O)CCCNC(C)(C)C)c1. The molecule has 0 radical (unpaired) electrons. The first kappa shape index (κ1) is 16.0. The van der Waals surface area contributed by atoms with Crippen LogP contribution in [0.5, 0.6) is 5.75 Å². The van der Waals surface area contributed by atoms with E-state index in [1.165, 1.54) is 7.11 Å². The summed E-state index contributed by atoms with van der Waals surface area (Å²) < 4.78 is 29.3. The Morgan fingerprint density at radius 3 is 2.53 bits per heavy atom. The van der Waals surface area contributed by atoms with Crippen LogP contribution in [0, 0.1) is 0 Å². The summed E-state index contributed by atoms with van der Waals surface area (Å²) in [4.78, 5) is 0.322. The maximum atomic E-state index is 12.1. The Balaban J connectivity index is 2.61. The van der Waals surface area contributed by atoms with Gasteiger partial charge in [0.25, 0.3) is 0 Å². The van der Waals surface area contributed by atoms with Crippen LogP contribution in [0.25, 0.3) is 0 Å². The van der Waals surface area contributed by atoms with Crippen molar-refractivity contribution in [1.29, 1.82) is 0 Å². The Bertz CT molecular complexity index is 504. The van der Waals surface area contributed by atoms with Crippen molar-refractivity contribution in [2.75, 3.05) is 19.4 Å². The van der Waals surface area contributed by atoms with E-state index in [1.807, 2.05) is 0 Å². The van der Waals surface area contributed by atoms with Crippen molar-refractivity contribution in [1.82, 2.24) is 5.32 Å². The number of ether oxygens (including phenoxy) is 1. The second-order valence-corrected chi connectivity index (χ2v) is 7.64. The molecule has 0 aromatic heterocycles. The number of methoxy groups -OCH3 is 1. The zero-order valence-corrected chi connectivity index (χ0v) is 12.9.